The molecule has 0 aliphatic carbocycles. The normalized spacial score (nSPS) is 11.9. The van der Waals surface area contributed by atoms with Crippen molar-refractivity contribution in [3.63, 3.8) is 0 Å². The van der Waals surface area contributed by atoms with Crippen molar-refractivity contribution in [1.82, 2.24) is 14.9 Å². The number of nitrogens with one attached hydrogen (secondary N) is 2. The Balaban J connectivity index is 3.01. The highest BCUT2D eigenvalue weighted by Crippen LogP contribution is 1.98. The van der Waals surface area contributed by atoms with Crippen LogP contribution in [0.3, 0.4) is 0 Å². The topological polar surface area (TPSA) is 121 Å². The summed E-state index contributed by atoms with van der Waals surface area (Å²) < 4.78 is 1.03. The van der Waals surface area contributed by atoms with Crippen LogP contribution in [0, 0.1) is 0 Å². The lowest BCUT2D eigenvalue weighted by Crippen LogP contribution is -2.43. The minimum Gasteiger partial charge on any atom is -0.480 e. The number of aromatic amines is 1. The maximum absolute atomic E-state index is 11.8. The summed E-state index contributed by atoms with van der Waals surface area (Å²) in [5.74, 6) is -1.99. The number of rotatable bonds is 5. The number of hydrogen-bond acceptors (Lipinski definition) is 4. The van der Waals surface area contributed by atoms with Crippen LogP contribution < -0.4 is 16.6 Å². The van der Waals surface area contributed by atoms with Gasteiger partial charge in [-0.1, -0.05) is 13.3 Å². The van der Waals surface area contributed by atoms with E-state index in [0.717, 1.165) is 10.8 Å². The molecule has 1 heterocycles. The molecule has 0 aliphatic heterocycles. The lowest BCUT2D eigenvalue weighted by molar-refractivity contribution is -0.139. The molecule has 1 rings (SSSR count). The Kier molecular flexibility index (Phi) is 4.62. The molecule has 1 aromatic rings. The first kappa shape index (κ1) is 14.7. The molecule has 1 aromatic heterocycles. The predicted molar refractivity (Wildman–Crippen MR) is 66.1 cm³/mol. The van der Waals surface area contributed by atoms with Gasteiger partial charge in [-0.25, -0.2) is 9.59 Å². The van der Waals surface area contributed by atoms with Crippen molar-refractivity contribution < 1.29 is 14.7 Å². The second-order valence-electron chi connectivity index (χ2n) is 4.07. The first-order valence-electron chi connectivity index (χ1n) is 5.70. The van der Waals surface area contributed by atoms with Gasteiger partial charge in [0, 0.05) is 13.2 Å². The third-order valence-electron chi connectivity index (χ3n) is 2.53. The molecule has 1 amide bonds. The molecule has 0 saturated carbocycles. The fourth-order valence-corrected chi connectivity index (χ4v) is 1.51. The van der Waals surface area contributed by atoms with Gasteiger partial charge >= 0.3 is 11.7 Å². The van der Waals surface area contributed by atoms with E-state index in [1.165, 1.54) is 7.05 Å². The van der Waals surface area contributed by atoms with Crippen molar-refractivity contribution in [3.05, 3.63) is 32.6 Å². The number of carbonyl (C=O) groups is 2. The number of hydrogen-bond donors (Lipinski definition) is 3. The fraction of sp³-hybridized carbons (Fsp3) is 0.455. The van der Waals surface area contributed by atoms with Crippen LogP contribution in [0.25, 0.3) is 0 Å². The number of aliphatic carboxylic acids is 1. The summed E-state index contributed by atoms with van der Waals surface area (Å²) in [5, 5.41) is 11.2. The second kappa shape index (κ2) is 5.98. The zero-order chi connectivity index (χ0) is 14.6. The largest absolute Gasteiger partial charge is 0.480 e. The summed E-state index contributed by atoms with van der Waals surface area (Å²) in [7, 11) is 1.37. The molecule has 0 fully saturated rings. The average Bonchev–Trinajstić information content (AvgIpc) is 2.32. The molecule has 104 valence electrons. The molecule has 8 heteroatoms. The van der Waals surface area contributed by atoms with Gasteiger partial charge in [0.05, 0.1) is 0 Å². The Morgan fingerprint density at radius 1 is 1.47 bits per heavy atom. The molecular formula is C11H15N3O5. The summed E-state index contributed by atoms with van der Waals surface area (Å²) in [6.45, 7) is 1.78. The monoisotopic (exact) mass is 269 g/mol. The zero-order valence-electron chi connectivity index (χ0n) is 10.6. The molecule has 3 N–H and O–H groups in total. The van der Waals surface area contributed by atoms with Crippen LogP contribution in [0.2, 0.25) is 0 Å². The average molecular weight is 269 g/mol. The van der Waals surface area contributed by atoms with E-state index in [0.29, 0.717) is 6.42 Å². The van der Waals surface area contributed by atoms with Crippen molar-refractivity contribution in [3.8, 4) is 0 Å². The highest BCUT2D eigenvalue weighted by atomic mass is 16.4. The summed E-state index contributed by atoms with van der Waals surface area (Å²) in [5.41, 5.74) is -1.80. The number of amides is 1. The number of carbonyl (C=O) groups excluding carboxylic acids is 1. The maximum Gasteiger partial charge on any atom is 0.328 e. The number of carboxylic acid groups (broad SMARTS) is 1. The highest BCUT2D eigenvalue weighted by Gasteiger charge is 2.21. The third-order valence-corrected chi connectivity index (χ3v) is 2.53. The van der Waals surface area contributed by atoms with Gasteiger partial charge in [-0.05, 0) is 6.42 Å². The Morgan fingerprint density at radius 2 is 2.11 bits per heavy atom. The van der Waals surface area contributed by atoms with Crippen molar-refractivity contribution in [2.45, 2.75) is 25.8 Å². The van der Waals surface area contributed by atoms with Gasteiger partial charge in [-0.2, -0.15) is 0 Å². The van der Waals surface area contributed by atoms with Crippen LogP contribution >= 0.6 is 0 Å². The van der Waals surface area contributed by atoms with Crippen LogP contribution in [0.15, 0.2) is 15.8 Å². The molecule has 0 bridgehead atoms. The molecule has 0 aliphatic rings. The van der Waals surface area contributed by atoms with Crippen LogP contribution in [-0.2, 0) is 11.8 Å². The van der Waals surface area contributed by atoms with E-state index in [4.69, 9.17) is 5.11 Å². The van der Waals surface area contributed by atoms with Crippen molar-refractivity contribution in [2.75, 3.05) is 0 Å². The Morgan fingerprint density at radius 3 is 2.63 bits per heavy atom. The molecule has 0 aromatic carbocycles. The van der Waals surface area contributed by atoms with Gasteiger partial charge in [0.15, 0.2) is 0 Å². The molecular weight excluding hydrogens is 254 g/mol. The second-order valence-corrected chi connectivity index (χ2v) is 4.07. The Bertz CT molecular complexity index is 601. The predicted octanol–water partition coefficient (Wildman–Crippen LogP) is -0.943. The third kappa shape index (κ3) is 3.54. The minimum atomic E-state index is -1.17. The lowest BCUT2D eigenvalue weighted by atomic mass is 10.1. The van der Waals surface area contributed by atoms with Crippen LogP contribution in [0.4, 0.5) is 0 Å². The summed E-state index contributed by atoms with van der Waals surface area (Å²) in [6.07, 6.45) is 1.90. The zero-order valence-corrected chi connectivity index (χ0v) is 10.6. The number of nitrogens with zero attached hydrogens (tertiary/aromatic N) is 1. The van der Waals surface area contributed by atoms with E-state index < -0.39 is 29.2 Å². The van der Waals surface area contributed by atoms with Gasteiger partial charge in [-0.3, -0.25) is 14.6 Å². The fourth-order valence-electron chi connectivity index (χ4n) is 1.51. The minimum absolute atomic E-state index is 0.255. The smallest absolute Gasteiger partial charge is 0.328 e. The van der Waals surface area contributed by atoms with E-state index in [9.17, 15) is 19.2 Å². The quantitative estimate of drug-likeness (QED) is 0.636. The maximum atomic E-state index is 11.8. The lowest BCUT2D eigenvalue weighted by Gasteiger charge is -2.13. The van der Waals surface area contributed by atoms with Gasteiger partial charge in [0.2, 0.25) is 0 Å². The van der Waals surface area contributed by atoms with Gasteiger partial charge in [-0.15, -0.1) is 0 Å². The Labute approximate surface area is 108 Å². The van der Waals surface area contributed by atoms with Gasteiger partial charge in [0.1, 0.15) is 11.6 Å². The van der Waals surface area contributed by atoms with Gasteiger partial charge in [0.25, 0.3) is 11.5 Å². The van der Waals surface area contributed by atoms with E-state index in [2.05, 4.69) is 5.32 Å². The first-order valence-corrected chi connectivity index (χ1v) is 5.70. The van der Waals surface area contributed by atoms with E-state index >= 15 is 0 Å². The van der Waals surface area contributed by atoms with Crippen LogP contribution in [-0.4, -0.2) is 32.6 Å². The molecule has 19 heavy (non-hydrogen) atoms. The van der Waals surface area contributed by atoms with Crippen molar-refractivity contribution in [2.24, 2.45) is 7.05 Å². The van der Waals surface area contributed by atoms with Crippen LogP contribution in [0.1, 0.15) is 30.1 Å². The molecule has 1 atom stereocenters. The molecule has 0 spiro atoms. The van der Waals surface area contributed by atoms with E-state index in [1.54, 1.807) is 6.92 Å². The highest BCUT2D eigenvalue weighted by molar-refractivity contribution is 5.95. The standard InChI is InChI=1S/C11H15N3O5/c1-3-4-7(10(17)18)12-8(15)6-5-14(2)11(19)13-9(6)16/h5,7H,3-4H2,1-2H3,(H,12,15)(H,17,18)(H,13,16,19). The Hall–Kier alpha value is -2.38. The van der Waals surface area contributed by atoms with Crippen molar-refractivity contribution in [1.29, 1.82) is 0 Å². The number of aryl methyl sites for hydroxylation is 1. The summed E-state index contributed by atoms with van der Waals surface area (Å²) in [6, 6.07) is -1.06. The number of carboxylic acids is 1. The first-order chi connectivity index (χ1) is 8.86. The summed E-state index contributed by atoms with van der Waals surface area (Å²) in [4.78, 5) is 47.3. The number of aromatic nitrogens is 2. The summed E-state index contributed by atoms with van der Waals surface area (Å²) >= 11 is 0. The van der Waals surface area contributed by atoms with E-state index in [-0.39, 0.29) is 12.0 Å². The molecule has 0 saturated heterocycles. The molecule has 1 unspecified atom stereocenters. The van der Waals surface area contributed by atoms with E-state index in [1.807, 2.05) is 4.98 Å². The molecule has 8 nitrogen and oxygen atoms in total. The van der Waals surface area contributed by atoms with Crippen LogP contribution in [0.5, 0.6) is 0 Å². The SMILES string of the molecule is CCCC(NC(=O)c1cn(C)c(=O)[nH]c1=O)C(=O)O. The number of H-pyrrole nitrogens is 1. The van der Waals surface area contributed by atoms with Crippen molar-refractivity contribution >= 4 is 11.9 Å². The molecule has 0 radical (unpaired) electrons. The van der Waals surface area contributed by atoms with Gasteiger partial charge < -0.3 is 15.0 Å².